The Morgan fingerprint density at radius 1 is 1.05 bits per heavy atom. The number of benzene rings is 2. The minimum atomic E-state index is -0.175. The molecule has 1 amide bonds. The molecule has 20 heavy (non-hydrogen) atoms. The number of aryl methyl sites for hydroxylation is 1. The van der Waals surface area contributed by atoms with Crippen molar-refractivity contribution in [3.05, 3.63) is 63.6 Å². The molecule has 2 aromatic carbocycles. The lowest BCUT2D eigenvalue weighted by Gasteiger charge is -2.19. The highest BCUT2D eigenvalue weighted by molar-refractivity contribution is 9.10. The maximum atomic E-state index is 11.4. The van der Waals surface area contributed by atoms with E-state index in [9.17, 15) is 4.79 Å². The second-order valence-electron chi connectivity index (χ2n) is 4.88. The Kier molecular flexibility index (Phi) is 3.81. The van der Waals surface area contributed by atoms with E-state index in [2.05, 4.69) is 27.3 Å². The van der Waals surface area contributed by atoms with Crippen molar-refractivity contribution in [2.24, 2.45) is 0 Å². The van der Waals surface area contributed by atoms with Crippen LogP contribution in [0.1, 0.15) is 28.5 Å². The molecule has 0 radical (unpaired) electrons. The maximum absolute atomic E-state index is 11.4. The molecule has 4 heteroatoms. The van der Waals surface area contributed by atoms with Gasteiger partial charge in [0.1, 0.15) is 0 Å². The summed E-state index contributed by atoms with van der Waals surface area (Å²) in [5.74, 6) is 0.0839. The van der Waals surface area contributed by atoms with Crippen molar-refractivity contribution in [3.63, 3.8) is 0 Å². The molecular weight excluding hydrogens is 338 g/mol. The molecule has 1 aliphatic rings. The molecule has 0 saturated carbocycles. The quantitative estimate of drug-likeness (QED) is 0.784. The molecule has 1 unspecified atom stereocenters. The van der Waals surface area contributed by atoms with Crippen molar-refractivity contribution in [2.45, 2.75) is 18.2 Å². The van der Waals surface area contributed by atoms with Crippen molar-refractivity contribution in [3.8, 4) is 0 Å². The van der Waals surface area contributed by atoms with E-state index < -0.39 is 0 Å². The van der Waals surface area contributed by atoms with Crippen LogP contribution >= 0.6 is 27.5 Å². The fourth-order valence-corrected chi connectivity index (χ4v) is 2.93. The van der Waals surface area contributed by atoms with E-state index >= 15 is 0 Å². The topological polar surface area (TPSA) is 29.1 Å². The SMILES string of the molecule is O=C1CCc2cc(C(Cl)c3ccc(Br)cc3)ccc2N1. The van der Waals surface area contributed by atoms with Gasteiger partial charge < -0.3 is 5.32 Å². The standard InChI is InChI=1S/C16H13BrClNO/c17-13-5-1-10(2-6-13)16(18)12-3-7-14-11(9-12)4-8-15(20)19-14/h1-3,5-7,9,16H,4,8H2,(H,19,20). The first kappa shape index (κ1) is 13.7. The third-order valence-corrected chi connectivity index (χ3v) is 4.51. The summed E-state index contributed by atoms with van der Waals surface area (Å²) < 4.78 is 1.04. The second-order valence-corrected chi connectivity index (χ2v) is 6.23. The van der Waals surface area contributed by atoms with E-state index in [4.69, 9.17) is 11.6 Å². The summed E-state index contributed by atoms with van der Waals surface area (Å²) in [6.07, 6.45) is 1.32. The smallest absolute Gasteiger partial charge is 0.224 e. The molecule has 102 valence electrons. The summed E-state index contributed by atoms with van der Waals surface area (Å²) >= 11 is 9.97. The third-order valence-electron chi connectivity index (χ3n) is 3.48. The van der Waals surface area contributed by atoms with Crippen LogP contribution in [-0.2, 0) is 11.2 Å². The lowest BCUT2D eigenvalue weighted by Crippen LogP contribution is -2.19. The van der Waals surface area contributed by atoms with Crippen LogP contribution in [0.5, 0.6) is 0 Å². The molecular formula is C16H13BrClNO. The molecule has 2 nitrogen and oxygen atoms in total. The highest BCUT2D eigenvalue weighted by Crippen LogP contribution is 2.33. The lowest BCUT2D eigenvalue weighted by molar-refractivity contribution is -0.116. The zero-order valence-corrected chi connectivity index (χ0v) is 13.0. The molecule has 0 spiro atoms. The highest BCUT2D eigenvalue weighted by atomic mass is 79.9. The van der Waals surface area contributed by atoms with Crippen molar-refractivity contribution in [2.75, 3.05) is 5.32 Å². The molecule has 1 atom stereocenters. The first-order valence-electron chi connectivity index (χ1n) is 6.46. The van der Waals surface area contributed by atoms with Crippen molar-refractivity contribution in [1.82, 2.24) is 0 Å². The predicted molar refractivity (Wildman–Crippen MR) is 85.2 cm³/mol. The van der Waals surface area contributed by atoms with Gasteiger partial charge in [0.2, 0.25) is 5.91 Å². The van der Waals surface area contributed by atoms with Gasteiger partial charge in [-0.2, -0.15) is 0 Å². The summed E-state index contributed by atoms with van der Waals surface area (Å²) in [6.45, 7) is 0. The zero-order chi connectivity index (χ0) is 14.1. The van der Waals surface area contributed by atoms with Gasteiger partial charge in [0.15, 0.2) is 0 Å². The molecule has 0 fully saturated rings. The highest BCUT2D eigenvalue weighted by Gasteiger charge is 2.17. The molecule has 0 bridgehead atoms. The Balaban J connectivity index is 1.90. The fraction of sp³-hybridized carbons (Fsp3) is 0.188. The number of alkyl halides is 1. The first-order valence-corrected chi connectivity index (χ1v) is 7.68. The summed E-state index contributed by atoms with van der Waals surface area (Å²) in [6, 6.07) is 14.0. The molecule has 2 aromatic rings. The van der Waals surface area contributed by atoms with E-state index in [1.807, 2.05) is 36.4 Å². The van der Waals surface area contributed by atoms with Gasteiger partial charge in [0.25, 0.3) is 0 Å². The minimum Gasteiger partial charge on any atom is -0.326 e. The second kappa shape index (κ2) is 5.58. The molecule has 1 aliphatic heterocycles. The predicted octanol–water partition coefficient (Wildman–Crippen LogP) is 4.66. The van der Waals surface area contributed by atoms with Crippen LogP contribution in [0.4, 0.5) is 5.69 Å². The van der Waals surface area contributed by atoms with Crippen LogP contribution in [0.25, 0.3) is 0 Å². The Labute approximate surface area is 131 Å². The van der Waals surface area contributed by atoms with Gasteiger partial charge in [-0.1, -0.05) is 40.2 Å². The van der Waals surface area contributed by atoms with Crippen molar-refractivity contribution >= 4 is 39.1 Å². The number of hydrogen-bond donors (Lipinski definition) is 1. The van der Waals surface area contributed by atoms with E-state index in [0.29, 0.717) is 6.42 Å². The summed E-state index contributed by atoms with van der Waals surface area (Å²) in [5, 5.41) is 2.71. The third kappa shape index (κ3) is 2.74. The van der Waals surface area contributed by atoms with Crippen molar-refractivity contribution < 1.29 is 4.79 Å². The summed E-state index contributed by atoms with van der Waals surface area (Å²) in [4.78, 5) is 11.4. The van der Waals surface area contributed by atoms with Crippen LogP contribution in [0, 0.1) is 0 Å². The van der Waals surface area contributed by atoms with E-state index in [-0.39, 0.29) is 11.3 Å². The van der Waals surface area contributed by atoms with Gasteiger partial charge in [0, 0.05) is 16.6 Å². The molecule has 0 aliphatic carbocycles. The Hall–Kier alpha value is -1.32. The number of carbonyl (C=O) groups excluding carboxylic acids is 1. The molecule has 1 heterocycles. The Bertz CT molecular complexity index is 654. The summed E-state index contributed by atoms with van der Waals surface area (Å²) in [5.41, 5.74) is 4.19. The number of anilines is 1. The number of hydrogen-bond acceptors (Lipinski definition) is 1. The number of rotatable bonds is 2. The molecule has 3 rings (SSSR count). The van der Waals surface area contributed by atoms with E-state index in [1.165, 1.54) is 0 Å². The van der Waals surface area contributed by atoms with Crippen LogP contribution < -0.4 is 5.32 Å². The number of fused-ring (bicyclic) bond motifs is 1. The van der Waals surface area contributed by atoms with Gasteiger partial charge in [-0.25, -0.2) is 0 Å². The summed E-state index contributed by atoms with van der Waals surface area (Å²) in [7, 11) is 0. The van der Waals surface area contributed by atoms with Crippen LogP contribution in [0.2, 0.25) is 0 Å². The average Bonchev–Trinajstić information content (AvgIpc) is 2.47. The number of halogens is 2. The lowest BCUT2D eigenvalue weighted by atomic mass is 9.97. The number of amides is 1. The Morgan fingerprint density at radius 3 is 2.50 bits per heavy atom. The maximum Gasteiger partial charge on any atom is 0.224 e. The van der Waals surface area contributed by atoms with Crippen LogP contribution in [-0.4, -0.2) is 5.91 Å². The van der Waals surface area contributed by atoms with Gasteiger partial charge in [-0.3, -0.25) is 4.79 Å². The van der Waals surface area contributed by atoms with Gasteiger partial charge in [-0.05, 0) is 41.3 Å². The monoisotopic (exact) mass is 349 g/mol. The average molecular weight is 351 g/mol. The Morgan fingerprint density at radius 2 is 1.75 bits per heavy atom. The van der Waals surface area contributed by atoms with Gasteiger partial charge in [0.05, 0.1) is 5.38 Å². The van der Waals surface area contributed by atoms with Gasteiger partial charge in [-0.15, -0.1) is 11.6 Å². The van der Waals surface area contributed by atoms with E-state index in [0.717, 1.165) is 33.3 Å². The van der Waals surface area contributed by atoms with Crippen LogP contribution in [0.3, 0.4) is 0 Å². The number of carbonyl (C=O) groups is 1. The zero-order valence-electron chi connectivity index (χ0n) is 10.7. The normalized spacial score (nSPS) is 15.4. The van der Waals surface area contributed by atoms with Crippen molar-refractivity contribution in [1.29, 1.82) is 0 Å². The minimum absolute atomic E-state index is 0.0839. The molecule has 0 aromatic heterocycles. The largest absolute Gasteiger partial charge is 0.326 e. The molecule has 1 N–H and O–H groups in total. The molecule has 0 saturated heterocycles. The van der Waals surface area contributed by atoms with Crippen LogP contribution in [0.15, 0.2) is 46.9 Å². The van der Waals surface area contributed by atoms with Gasteiger partial charge >= 0.3 is 0 Å². The number of nitrogens with one attached hydrogen (secondary N) is 1. The first-order chi connectivity index (χ1) is 9.63. The fourth-order valence-electron chi connectivity index (χ4n) is 2.39. The van der Waals surface area contributed by atoms with E-state index in [1.54, 1.807) is 0 Å².